The molecule has 0 aromatic carbocycles. The number of unbranched alkanes of at least 4 members (excludes halogenated alkanes) is 1. The van der Waals surface area contributed by atoms with Crippen molar-refractivity contribution in [1.29, 1.82) is 0 Å². The summed E-state index contributed by atoms with van der Waals surface area (Å²) in [6.07, 6.45) is 2.92. The summed E-state index contributed by atoms with van der Waals surface area (Å²) in [5, 5.41) is 0. The Morgan fingerprint density at radius 1 is 1.26 bits per heavy atom. The highest BCUT2D eigenvalue weighted by molar-refractivity contribution is 6.03. The van der Waals surface area contributed by atoms with Crippen LogP contribution in [0.1, 0.15) is 59.8 Å². The Hall–Kier alpha value is -1.19. The van der Waals surface area contributed by atoms with Gasteiger partial charge in [0.05, 0.1) is 5.92 Å². The molecule has 0 N–H and O–H groups in total. The lowest BCUT2D eigenvalue weighted by Gasteiger charge is -2.24. The minimum absolute atomic E-state index is 0.0423. The SMILES string of the molecule is CCC(=O)CCCCN1C(=O)CC(C(C)(C)C)C1=O. The van der Waals surface area contributed by atoms with Crippen molar-refractivity contribution in [3.05, 3.63) is 0 Å². The smallest absolute Gasteiger partial charge is 0.233 e. The number of hydrogen-bond acceptors (Lipinski definition) is 3. The first-order chi connectivity index (χ1) is 8.77. The van der Waals surface area contributed by atoms with Gasteiger partial charge in [0, 0.05) is 25.8 Å². The monoisotopic (exact) mass is 267 g/mol. The minimum atomic E-state index is -0.197. The summed E-state index contributed by atoms with van der Waals surface area (Å²) < 4.78 is 0. The molecule has 0 bridgehead atoms. The minimum Gasteiger partial charge on any atom is -0.300 e. The first-order valence-electron chi connectivity index (χ1n) is 7.13. The maximum absolute atomic E-state index is 12.2. The highest BCUT2D eigenvalue weighted by Crippen LogP contribution is 2.35. The molecule has 0 saturated carbocycles. The van der Waals surface area contributed by atoms with E-state index in [9.17, 15) is 14.4 Å². The first-order valence-corrected chi connectivity index (χ1v) is 7.13. The molecule has 19 heavy (non-hydrogen) atoms. The van der Waals surface area contributed by atoms with Crippen LogP contribution in [0.15, 0.2) is 0 Å². The van der Waals surface area contributed by atoms with Crippen molar-refractivity contribution in [1.82, 2.24) is 4.90 Å². The third-order valence-electron chi connectivity index (χ3n) is 3.77. The number of nitrogens with zero attached hydrogens (tertiary/aromatic N) is 1. The summed E-state index contributed by atoms with van der Waals surface area (Å²) >= 11 is 0. The van der Waals surface area contributed by atoms with Crippen molar-refractivity contribution in [2.75, 3.05) is 6.54 Å². The Bertz CT molecular complexity index is 368. The van der Waals surface area contributed by atoms with Gasteiger partial charge in [-0.3, -0.25) is 19.3 Å². The second-order valence-electron chi connectivity index (χ2n) is 6.36. The summed E-state index contributed by atoms with van der Waals surface area (Å²) in [4.78, 5) is 36.6. The van der Waals surface area contributed by atoms with Crippen LogP contribution in [0, 0.1) is 11.3 Å². The quantitative estimate of drug-likeness (QED) is 0.549. The third kappa shape index (κ3) is 4.15. The number of rotatable bonds is 6. The van der Waals surface area contributed by atoms with Crippen molar-refractivity contribution in [2.45, 2.75) is 59.8 Å². The Labute approximate surface area is 115 Å². The molecule has 1 saturated heterocycles. The van der Waals surface area contributed by atoms with E-state index in [-0.39, 0.29) is 28.9 Å². The van der Waals surface area contributed by atoms with Crippen LogP contribution in [-0.2, 0) is 14.4 Å². The van der Waals surface area contributed by atoms with Crippen LogP contribution < -0.4 is 0 Å². The zero-order valence-electron chi connectivity index (χ0n) is 12.5. The van der Waals surface area contributed by atoms with E-state index >= 15 is 0 Å². The van der Waals surface area contributed by atoms with Gasteiger partial charge >= 0.3 is 0 Å². The standard InChI is InChI=1S/C15H25NO3/c1-5-11(17)8-6-7-9-16-13(18)10-12(14(16)19)15(2,3)4/h12H,5-10H2,1-4H3. The average molecular weight is 267 g/mol. The van der Waals surface area contributed by atoms with Gasteiger partial charge < -0.3 is 0 Å². The molecular formula is C15H25NO3. The molecular weight excluding hydrogens is 242 g/mol. The third-order valence-corrected chi connectivity index (χ3v) is 3.77. The fourth-order valence-corrected chi connectivity index (χ4v) is 2.36. The number of likely N-dealkylation sites (tertiary alicyclic amines) is 1. The molecule has 1 aliphatic heterocycles. The zero-order valence-corrected chi connectivity index (χ0v) is 12.5. The number of Topliss-reactive ketones (excluding diaryl/α,β-unsaturated/α-hetero) is 1. The lowest BCUT2D eigenvalue weighted by Crippen LogP contribution is -2.34. The van der Waals surface area contributed by atoms with E-state index < -0.39 is 0 Å². The summed E-state index contributed by atoms with van der Waals surface area (Å²) in [5.74, 6) is -0.0602. The summed E-state index contributed by atoms with van der Waals surface area (Å²) in [6.45, 7) is 8.29. The molecule has 0 aromatic rings. The normalized spacial score (nSPS) is 20.2. The van der Waals surface area contributed by atoms with E-state index in [4.69, 9.17) is 0 Å². The van der Waals surface area contributed by atoms with Gasteiger partial charge in [0.25, 0.3) is 0 Å². The molecule has 4 nitrogen and oxygen atoms in total. The van der Waals surface area contributed by atoms with Crippen LogP contribution >= 0.6 is 0 Å². The molecule has 0 spiro atoms. The van der Waals surface area contributed by atoms with Crippen molar-refractivity contribution in [3.8, 4) is 0 Å². The number of hydrogen-bond donors (Lipinski definition) is 0. The van der Waals surface area contributed by atoms with Crippen LogP contribution in [0.3, 0.4) is 0 Å². The highest BCUT2D eigenvalue weighted by atomic mass is 16.2. The van der Waals surface area contributed by atoms with Crippen LogP contribution in [0.2, 0.25) is 0 Å². The summed E-state index contributed by atoms with van der Waals surface area (Å²) in [6, 6.07) is 0. The molecule has 0 aromatic heterocycles. The molecule has 1 fully saturated rings. The van der Waals surface area contributed by atoms with Crippen molar-refractivity contribution < 1.29 is 14.4 Å². The van der Waals surface area contributed by atoms with Gasteiger partial charge in [-0.15, -0.1) is 0 Å². The van der Waals surface area contributed by atoms with Gasteiger partial charge in [0.1, 0.15) is 5.78 Å². The van der Waals surface area contributed by atoms with Crippen LogP contribution in [-0.4, -0.2) is 29.0 Å². The fraction of sp³-hybridized carbons (Fsp3) is 0.800. The topological polar surface area (TPSA) is 54.5 Å². The average Bonchev–Trinajstić information content (AvgIpc) is 2.60. The Balaban J connectivity index is 2.45. The number of carbonyl (C=O) groups excluding carboxylic acids is 3. The van der Waals surface area contributed by atoms with Gasteiger partial charge in [0.15, 0.2) is 0 Å². The molecule has 0 radical (unpaired) electrons. The first kappa shape index (κ1) is 15.9. The molecule has 1 unspecified atom stereocenters. The Morgan fingerprint density at radius 3 is 2.37 bits per heavy atom. The predicted octanol–water partition coefficient (Wildman–Crippen LogP) is 2.56. The molecule has 1 heterocycles. The molecule has 1 atom stereocenters. The van der Waals surface area contributed by atoms with Gasteiger partial charge in [-0.1, -0.05) is 27.7 Å². The van der Waals surface area contributed by atoms with Gasteiger partial charge in [-0.25, -0.2) is 0 Å². The lowest BCUT2D eigenvalue weighted by atomic mass is 9.80. The highest BCUT2D eigenvalue weighted by Gasteiger charge is 2.44. The van der Waals surface area contributed by atoms with Gasteiger partial charge in [0.2, 0.25) is 11.8 Å². The molecule has 4 heteroatoms. The van der Waals surface area contributed by atoms with Crippen molar-refractivity contribution >= 4 is 17.6 Å². The molecule has 1 rings (SSSR count). The van der Waals surface area contributed by atoms with Crippen molar-refractivity contribution in [3.63, 3.8) is 0 Å². The van der Waals surface area contributed by atoms with E-state index in [0.29, 0.717) is 25.8 Å². The van der Waals surface area contributed by atoms with Gasteiger partial charge in [-0.05, 0) is 18.3 Å². The maximum atomic E-state index is 12.2. The molecule has 108 valence electrons. The van der Waals surface area contributed by atoms with Crippen LogP contribution in [0.5, 0.6) is 0 Å². The van der Waals surface area contributed by atoms with E-state index in [2.05, 4.69) is 0 Å². The molecule has 0 aliphatic carbocycles. The van der Waals surface area contributed by atoms with Crippen LogP contribution in [0.25, 0.3) is 0 Å². The van der Waals surface area contributed by atoms with Crippen LogP contribution in [0.4, 0.5) is 0 Å². The summed E-state index contributed by atoms with van der Waals surface area (Å²) in [5.41, 5.74) is -0.167. The van der Waals surface area contributed by atoms with Gasteiger partial charge in [-0.2, -0.15) is 0 Å². The Kier molecular flexibility index (Phi) is 5.27. The molecule has 1 aliphatic rings. The number of ketones is 1. The molecule has 2 amide bonds. The second-order valence-corrected chi connectivity index (χ2v) is 6.36. The van der Waals surface area contributed by atoms with E-state index in [1.807, 2.05) is 27.7 Å². The maximum Gasteiger partial charge on any atom is 0.233 e. The van der Waals surface area contributed by atoms with E-state index in [0.717, 1.165) is 12.8 Å². The largest absolute Gasteiger partial charge is 0.300 e. The Morgan fingerprint density at radius 2 is 1.89 bits per heavy atom. The number of amides is 2. The number of carbonyl (C=O) groups is 3. The fourth-order valence-electron chi connectivity index (χ4n) is 2.36. The second kappa shape index (κ2) is 6.31. The van der Waals surface area contributed by atoms with E-state index in [1.54, 1.807) is 0 Å². The lowest BCUT2D eigenvalue weighted by molar-refractivity contribution is -0.140. The van der Waals surface area contributed by atoms with Crippen molar-refractivity contribution in [2.24, 2.45) is 11.3 Å². The number of imide groups is 1. The van der Waals surface area contributed by atoms with E-state index in [1.165, 1.54) is 4.90 Å². The predicted molar refractivity (Wildman–Crippen MR) is 73.4 cm³/mol. The zero-order chi connectivity index (χ0) is 14.6. The summed E-state index contributed by atoms with van der Waals surface area (Å²) in [7, 11) is 0.